The van der Waals surface area contributed by atoms with Crippen molar-refractivity contribution >= 4 is 6.03 Å². The van der Waals surface area contributed by atoms with Gasteiger partial charge in [0.2, 0.25) is 0 Å². The van der Waals surface area contributed by atoms with Gasteiger partial charge in [0, 0.05) is 26.2 Å². The zero-order valence-electron chi connectivity index (χ0n) is 12.2. The first kappa shape index (κ1) is 15.3. The Labute approximate surface area is 111 Å². The van der Waals surface area contributed by atoms with E-state index in [0.717, 1.165) is 39.0 Å². The Kier molecular flexibility index (Phi) is 6.47. The van der Waals surface area contributed by atoms with E-state index < -0.39 is 0 Å². The average Bonchev–Trinajstić information content (AvgIpc) is 2.33. The molecular weight excluding hydrogens is 226 g/mol. The second kappa shape index (κ2) is 7.62. The molecule has 4 heteroatoms. The highest BCUT2D eigenvalue weighted by molar-refractivity contribution is 5.74. The Bertz CT molecular complexity index is 255. The first-order valence-electron chi connectivity index (χ1n) is 7.28. The fourth-order valence-electron chi connectivity index (χ4n) is 2.55. The lowest BCUT2D eigenvalue weighted by atomic mass is 10.0. The van der Waals surface area contributed by atoms with E-state index in [1.807, 2.05) is 9.80 Å². The lowest BCUT2D eigenvalue weighted by molar-refractivity contribution is 0.126. The van der Waals surface area contributed by atoms with Crippen molar-refractivity contribution in [2.75, 3.05) is 32.7 Å². The van der Waals surface area contributed by atoms with Gasteiger partial charge in [-0.05, 0) is 37.6 Å². The fourth-order valence-corrected chi connectivity index (χ4v) is 2.55. The minimum atomic E-state index is 0.212. The topological polar surface area (TPSA) is 49.6 Å². The molecule has 2 amide bonds. The molecule has 0 aromatic rings. The second-order valence-corrected chi connectivity index (χ2v) is 5.96. The van der Waals surface area contributed by atoms with Gasteiger partial charge in [-0.15, -0.1) is 0 Å². The molecule has 0 aliphatic carbocycles. The Morgan fingerprint density at radius 3 is 2.78 bits per heavy atom. The fraction of sp³-hybridized carbons (Fsp3) is 0.929. The lowest BCUT2D eigenvalue weighted by Crippen LogP contribution is -2.48. The first-order valence-corrected chi connectivity index (χ1v) is 7.28. The minimum Gasteiger partial charge on any atom is -0.330 e. The molecule has 0 aromatic heterocycles. The van der Waals surface area contributed by atoms with Crippen LogP contribution in [0.3, 0.4) is 0 Å². The predicted molar refractivity (Wildman–Crippen MR) is 75.4 cm³/mol. The van der Waals surface area contributed by atoms with Crippen LogP contribution in [-0.4, -0.2) is 48.6 Å². The highest BCUT2D eigenvalue weighted by Crippen LogP contribution is 2.17. The van der Waals surface area contributed by atoms with Gasteiger partial charge in [0.05, 0.1) is 0 Å². The Morgan fingerprint density at radius 1 is 1.50 bits per heavy atom. The highest BCUT2D eigenvalue weighted by Gasteiger charge is 2.25. The Hall–Kier alpha value is -0.770. The number of hydrogen-bond donors (Lipinski definition) is 1. The third-order valence-corrected chi connectivity index (χ3v) is 3.42. The highest BCUT2D eigenvalue weighted by atomic mass is 16.2. The van der Waals surface area contributed by atoms with Gasteiger partial charge < -0.3 is 15.5 Å². The monoisotopic (exact) mass is 255 g/mol. The van der Waals surface area contributed by atoms with Crippen LogP contribution in [0.4, 0.5) is 4.79 Å². The van der Waals surface area contributed by atoms with Crippen LogP contribution in [-0.2, 0) is 0 Å². The summed E-state index contributed by atoms with van der Waals surface area (Å²) in [4.78, 5) is 16.5. The van der Waals surface area contributed by atoms with E-state index in [2.05, 4.69) is 20.8 Å². The van der Waals surface area contributed by atoms with E-state index in [9.17, 15) is 4.79 Å². The summed E-state index contributed by atoms with van der Waals surface area (Å²) in [7, 11) is 0. The number of amides is 2. The minimum absolute atomic E-state index is 0.212. The van der Waals surface area contributed by atoms with Gasteiger partial charge >= 0.3 is 6.03 Å². The maximum absolute atomic E-state index is 12.5. The number of piperidine rings is 1. The smallest absolute Gasteiger partial charge is 0.320 e. The molecular formula is C14H29N3O. The molecule has 1 aliphatic rings. The van der Waals surface area contributed by atoms with Crippen LogP contribution in [0.25, 0.3) is 0 Å². The largest absolute Gasteiger partial charge is 0.330 e. The van der Waals surface area contributed by atoms with E-state index in [1.165, 1.54) is 6.42 Å². The molecule has 0 bridgehead atoms. The third kappa shape index (κ3) is 4.84. The molecule has 0 spiro atoms. The van der Waals surface area contributed by atoms with Crippen LogP contribution >= 0.6 is 0 Å². The van der Waals surface area contributed by atoms with E-state index in [0.29, 0.717) is 18.4 Å². The Morgan fingerprint density at radius 2 is 2.22 bits per heavy atom. The van der Waals surface area contributed by atoms with Crippen LogP contribution < -0.4 is 5.73 Å². The molecule has 0 saturated carbocycles. The molecule has 1 fully saturated rings. The van der Waals surface area contributed by atoms with Crippen molar-refractivity contribution in [3.63, 3.8) is 0 Å². The SMILES string of the molecule is CC(C)CN(CCCN)C(=O)N1CCCC(C)C1. The second-order valence-electron chi connectivity index (χ2n) is 5.96. The molecule has 1 aliphatic heterocycles. The van der Waals surface area contributed by atoms with Crippen LogP contribution in [0.15, 0.2) is 0 Å². The summed E-state index contributed by atoms with van der Waals surface area (Å²) >= 11 is 0. The maximum Gasteiger partial charge on any atom is 0.320 e. The molecule has 4 nitrogen and oxygen atoms in total. The van der Waals surface area contributed by atoms with Crippen LogP contribution in [0.5, 0.6) is 0 Å². The number of likely N-dealkylation sites (tertiary alicyclic amines) is 1. The average molecular weight is 255 g/mol. The number of hydrogen-bond acceptors (Lipinski definition) is 2. The van der Waals surface area contributed by atoms with Crippen molar-refractivity contribution in [3.05, 3.63) is 0 Å². The molecule has 106 valence electrons. The summed E-state index contributed by atoms with van der Waals surface area (Å²) in [5.41, 5.74) is 5.56. The molecule has 2 N–H and O–H groups in total. The van der Waals surface area contributed by atoms with Gasteiger partial charge in [0.25, 0.3) is 0 Å². The van der Waals surface area contributed by atoms with Gasteiger partial charge in [-0.2, -0.15) is 0 Å². The summed E-state index contributed by atoms with van der Waals surface area (Å²) in [6, 6.07) is 0.212. The first-order chi connectivity index (χ1) is 8.54. The van der Waals surface area contributed by atoms with Crippen molar-refractivity contribution < 1.29 is 4.79 Å². The molecule has 0 radical (unpaired) electrons. The zero-order chi connectivity index (χ0) is 13.5. The number of nitrogens with zero attached hydrogens (tertiary/aromatic N) is 2. The molecule has 18 heavy (non-hydrogen) atoms. The van der Waals surface area contributed by atoms with Crippen LogP contribution in [0.1, 0.15) is 40.0 Å². The van der Waals surface area contributed by atoms with Crippen molar-refractivity contribution in [3.8, 4) is 0 Å². The van der Waals surface area contributed by atoms with Gasteiger partial charge in [0.15, 0.2) is 0 Å². The number of carbonyl (C=O) groups is 1. The predicted octanol–water partition coefficient (Wildman–Crippen LogP) is 2.15. The summed E-state index contributed by atoms with van der Waals surface area (Å²) < 4.78 is 0. The van der Waals surface area contributed by atoms with Crippen LogP contribution in [0.2, 0.25) is 0 Å². The van der Waals surface area contributed by atoms with Crippen LogP contribution in [0, 0.1) is 11.8 Å². The molecule has 1 rings (SSSR count). The molecule has 1 heterocycles. The quantitative estimate of drug-likeness (QED) is 0.818. The summed E-state index contributed by atoms with van der Waals surface area (Å²) in [6.07, 6.45) is 3.28. The van der Waals surface area contributed by atoms with E-state index in [1.54, 1.807) is 0 Å². The zero-order valence-corrected chi connectivity index (χ0v) is 12.2. The Balaban J connectivity index is 2.56. The van der Waals surface area contributed by atoms with Crippen molar-refractivity contribution in [2.45, 2.75) is 40.0 Å². The van der Waals surface area contributed by atoms with Gasteiger partial charge in [-0.1, -0.05) is 20.8 Å². The van der Waals surface area contributed by atoms with E-state index in [4.69, 9.17) is 5.73 Å². The van der Waals surface area contributed by atoms with Gasteiger partial charge in [0.1, 0.15) is 0 Å². The number of nitrogens with two attached hydrogens (primary N) is 1. The lowest BCUT2D eigenvalue weighted by Gasteiger charge is -2.36. The van der Waals surface area contributed by atoms with Crippen molar-refractivity contribution in [1.29, 1.82) is 0 Å². The third-order valence-electron chi connectivity index (χ3n) is 3.42. The van der Waals surface area contributed by atoms with Crippen molar-refractivity contribution in [1.82, 2.24) is 9.80 Å². The summed E-state index contributed by atoms with van der Waals surface area (Å²) in [5.74, 6) is 1.15. The molecule has 1 atom stereocenters. The number of rotatable bonds is 5. The summed E-state index contributed by atoms with van der Waals surface area (Å²) in [5, 5.41) is 0. The molecule has 0 aromatic carbocycles. The van der Waals surface area contributed by atoms with Gasteiger partial charge in [-0.25, -0.2) is 4.79 Å². The van der Waals surface area contributed by atoms with E-state index >= 15 is 0 Å². The maximum atomic E-state index is 12.5. The molecule has 1 unspecified atom stereocenters. The number of urea groups is 1. The standard InChI is InChI=1S/C14H29N3O/c1-12(2)10-16(9-5-7-15)14(18)17-8-4-6-13(3)11-17/h12-13H,4-11,15H2,1-3H3. The van der Waals surface area contributed by atoms with Crippen molar-refractivity contribution in [2.24, 2.45) is 17.6 Å². The normalized spacial score (nSPS) is 20.3. The van der Waals surface area contributed by atoms with Gasteiger partial charge in [-0.3, -0.25) is 0 Å². The molecule has 1 saturated heterocycles. The summed E-state index contributed by atoms with van der Waals surface area (Å²) in [6.45, 7) is 10.6. The number of carbonyl (C=O) groups excluding carboxylic acids is 1. The van der Waals surface area contributed by atoms with E-state index in [-0.39, 0.29) is 6.03 Å².